The first kappa shape index (κ1) is 27.3. The van der Waals surface area contributed by atoms with Gasteiger partial charge in [0.25, 0.3) is 10.1 Å². The molecular weight excluding hydrogens is 434 g/mol. The number of aliphatic hydroxyl groups is 1. The number of aliphatic hydroxyl groups excluding tert-OH is 1. The molecule has 1 saturated heterocycles. The van der Waals surface area contributed by atoms with Crippen molar-refractivity contribution in [2.75, 3.05) is 12.9 Å². The number of carbonyl (C=O) groups is 1. The quantitative estimate of drug-likeness (QED) is 0.552. The van der Waals surface area contributed by atoms with Crippen LogP contribution in [0.15, 0.2) is 0 Å². The van der Waals surface area contributed by atoms with E-state index in [2.05, 4.69) is 0 Å². The molecule has 0 unspecified atom stereocenters. The smallest absolute Gasteiger partial charge is 0.412 e. The second kappa shape index (κ2) is 9.76. The van der Waals surface area contributed by atoms with E-state index in [-0.39, 0.29) is 6.61 Å². The Hall–Kier alpha value is -0.900. The second-order valence-electron chi connectivity index (χ2n) is 11.6. The maximum absolute atomic E-state index is 13.2. The van der Waals surface area contributed by atoms with Crippen molar-refractivity contribution in [3.05, 3.63) is 0 Å². The van der Waals surface area contributed by atoms with Crippen LogP contribution in [-0.4, -0.2) is 67.0 Å². The van der Waals surface area contributed by atoms with Gasteiger partial charge in [-0.1, -0.05) is 46.0 Å². The molecule has 9 heteroatoms. The standard InChI is InChI=1S/C23H43NO7S/c1-21(2,3)31-20(26)24-17(14-16-12-10-9-11-13-16)18(30-23(24,6)7)19(25)22(4,5)15-29-32(8,27)28/h16-19,25H,9-15H2,1-8H3/t17-,18+,19+/m0/s1. The molecule has 2 aliphatic rings. The first-order valence-electron chi connectivity index (χ1n) is 11.7. The zero-order valence-electron chi connectivity index (χ0n) is 21.0. The van der Waals surface area contributed by atoms with Crippen molar-refractivity contribution in [3.8, 4) is 0 Å². The van der Waals surface area contributed by atoms with Crippen molar-refractivity contribution < 1.29 is 32.0 Å². The number of ether oxygens (including phenoxy) is 2. The first-order chi connectivity index (χ1) is 14.4. The molecule has 0 aromatic carbocycles. The number of hydrogen-bond acceptors (Lipinski definition) is 7. The van der Waals surface area contributed by atoms with Gasteiger partial charge in [-0.3, -0.25) is 9.08 Å². The Bertz CT molecular complexity index is 751. The van der Waals surface area contributed by atoms with E-state index in [1.54, 1.807) is 32.6 Å². The third-order valence-electron chi connectivity index (χ3n) is 6.36. The third-order valence-corrected chi connectivity index (χ3v) is 6.91. The molecule has 3 atom stereocenters. The van der Waals surface area contributed by atoms with Crippen LogP contribution in [0.1, 0.15) is 87.0 Å². The summed E-state index contributed by atoms with van der Waals surface area (Å²) in [5, 5.41) is 11.4. The Morgan fingerprint density at radius 2 is 1.72 bits per heavy atom. The molecule has 0 aromatic rings. The number of carbonyl (C=O) groups excluding carboxylic acids is 1. The molecule has 2 fully saturated rings. The van der Waals surface area contributed by atoms with Crippen LogP contribution in [0.4, 0.5) is 4.79 Å². The molecule has 2 rings (SSSR count). The highest BCUT2D eigenvalue weighted by atomic mass is 32.2. The van der Waals surface area contributed by atoms with Crippen LogP contribution in [0.3, 0.4) is 0 Å². The molecule has 1 aliphatic heterocycles. The molecule has 0 aromatic heterocycles. The van der Waals surface area contributed by atoms with Gasteiger partial charge in [0, 0.05) is 5.41 Å². The lowest BCUT2D eigenvalue weighted by molar-refractivity contribution is -0.130. The van der Waals surface area contributed by atoms with Gasteiger partial charge in [0.2, 0.25) is 0 Å². The van der Waals surface area contributed by atoms with Crippen LogP contribution in [0.2, 0.25) is 0 Å². The molecule has 1 N–H and O–H groups in total. The lowest BCUT2D eigenvalue weighted by atomic mass is 9.78. The minimum absolute atomic E-state index is 0.185. The van der Waals surface area contributed by atoms with Gasteiger partial charge in [0.05, 0.1) is 25.0 Å². The molecule has 1 heterocycles. The number of amides is 1. The number of hydrogen-bond donors (Lipinski definition) is 1. The van der Waals surface area contributed by atoms with Crippen molar-refractivity contribution in [1.82, 2.24) is 4.90 Å². The summed E-state index contributed by atoms with van der Waals surface area (Å²) in [4.78, 5) is 14.9. The molecule has 0 bridgehead atoms. The highest BCUT2D eigenvalue weighted by Crippen LogP contribution is 2.43. The Labute approximate surface area is 194 Å². The van der Waals surface area contributed by atoms with Gasteiger partial charge in [-0.15, -0.1) is 0 Å². The largest absolute Gasteiger partial charge is 0.444 e. The molecule has 32 heavy (non-hydrogen) atoms. The van der Waals surface area contributed by atoms with Crippen molar-refractivity contribution >= 4 is 16.2 Å². The van der Waals surface area contributed by atoms with E-state index in [1.807, 2.05) is 20.8 Å². The third kappa shape index (κ3) is 7.30. The monoisotopic (exact) mass is 477 g/mol. The van der Waals surface area contributed by atoms with Gasteiger partial charge in [-0.05, 0) is 47.0 Å². The topological polar surface area (TPSA) is 102 Å². The molecule has 188 valence electrons. The normalized spacial score (nSPS) is 26.2. The van der Waals surface area contributed by atoms with Crippen molar-refractivity contribution in [2.45, 2.75) is 117 Å². The SMILES string of the molecule is CC(C)(C)OC(=O)N1[C@@H](CC2CCCCC2)[C@H]([C@@H](O)C(C)(C)COS(C)(=O)=O)OC1(C)C. The lowest BCUT2D eigenvalue weighted by Gasteiger charge is -2.38. The van der Waals surface area contributed by atoms with Crippen LogP contribution in [-0.2, 0) is 23.8 Å². The summed E-state index contributed by atoms with van der Waals surface area (Å²) >= 11 is 0. The fourth-order valence-corrected chi connectivity index (χ4v) is 5.27. The summed E-state index contributed by atoms with van der Waals surface area (Å²) in [6, 6.07) is -0.393. The maximum atomic E-state index is 13.2. The van der Waals surface area contributed by atoms with Crippen LogP contribution in [0.25, 0.3) is 0 Å². The summed E-state index contributed by atoms with van der Waals surface area (Å²) in [5.41, 5.74) is -2.57. The van der Waals surface area contributed by atoms with Crippen molar-refractivity contribution in [3.63, 3.8) is 0 Å². The van der Waals surface area contributed by atoms with Crippen LogP contribution < -0.4 is 0 Å². The fraction of sp³-hybridized carbons (Fsp3) is 0.957. The summed E-state index contributed by atoms with van der Waals surface area (Å²) in [6.07, 6.45) is 5.19. The van der Waals surface area contributed by atoms with Crippen LogP contribution >= 0.6 is 0 Å². The Balaban J connectivity index is 2.34. The highest BCUT2D eigenvalue weighted by molar-refractivity contribution is 7.85. The molecular formula is C23H43NO7S. The Morgan fingerprint density at radius 1 is 1.16 bits per heavy atom. The molecule has 1 aliphatic carbocycles. The van der Waals surface area contributed by atoms with Crippen LogP contribution in [0.5, 0.6) is 0 Å². The summed E-state index contributed by atoms with van der Waals surface area (Å²) in [6.45, 7) is 12.4. The zero-order valence-corrected chi connectivity index (χ0v) is 21.8. The fourth-order valence-electron chi connectivity index (χ4n) is 4.75. The predicted molar refractivity (Wildman–Crippen MR) is 123 cm³/mol. The average Bonchev–Trinajstić information content (AvgIpc) is 2.88. The van der Waals surface area contributed by atoms with Gasteiger partial charge in [0.1, 0.15) is 17.4 Å². The second-order valence-corrected chi connectivity index (χ2v) is 13.2. The molecule has 1 amide bonds. The predicted octanol–water partition coefficient (Wildman–Crippen LogP) is 4.06. The van der Waals surface area contributed by atoms with E-state index in [1.165, 1.54) is 6.42 Å². The van der Waals surface area contributed by atoms with E-state index >= 15 is 0 Å². The van der Waals surface area contributed by atoms with Crippen molar-refractivity contribution in [1.29, 1.82) is 0 Å². The summed E-state index contributed by atoms with van der Waals surface area (Å²) in [7, 11) is -3.65. The lowest BCUT2D eigenvalue weighted by Crippen LogP contribution is -2.53. The number of nitrogens with zero attached hydrogens (tertiary/aromatic N) is 1. The Morgan fingerprint density at radius 3 is 2.22 bits per heavy atom. The summed E-state index contributed by atoms with van der Waals surface area (Å²) < 4.78 is 40.1. The minimum atomic E-state index is -3.65. The first-order valence-corrected chi connectivity index (χ1v) is 13.5. The molecule has 8 nitrogen and oxygen atoms in total. The minimum Gasteiger partial charge on any atom is -0.444 e. The Kier molecular flexibility index (Phi) is 8.34. The maximum Gasteiger partial charge on any atom is 0.412 e. The number of rotatable bonds is 7. The van der Waals surface area contributed by atoms with Gasteiger partial charge in [0.15, 0.2) is 0 Å². The zero-order chi connectivity index (χ0) is 24.5. The van der Waals surface area contributed by atoms with Crippen molar-refractivity contribution in [2.24, 2.45) is 11.3 Å². The van der Waals surface area contributed by atoms with Crippen LogP contribution in [0, 0.1) is 11.3 Å². The molecule has 0 radical (unpaired) electrons. The van der Waals surface area contributed by atoms with Gasteiger partial charge in [-0.2, -0.15) is 8.42 Å². The van der Waals surface area contributed by atoms with E-state index in [0.29, 0.717) is 12.3 Å². The molecule has 1 saturated carbocycles. The van der Waals surface area contributed by atoms with Gasteiger partial charge >= 0.3 is 6.09 Å². The van der Waals surface area contributed by atoms with E-state index in [4.69, 9.17) is 13.7 Å². The van der Waals surface area contributed by atoms with Gasteiger partial charge < -0.3 is 14.6 Å². The summed E-state index contributed by atoms with van der Waals surface area (Å²) in [5.74, 6) is 0.432. The van der Waals surface area contributed by atoms with E-state index in [0.717, 1.165) is 31.9 Å². The highest BCUT2D eigenvalue weighted by Gasteiger charge is 2.56. The van der Waals surface area contributed by atoms with Gasteiger partial charge in [-0.25, -0.2) is 4.79 Å². The van der Waals surface area contributed by atoms with E-state index in [9.17, 15) is 18.3 Å². The van der Waals surface area contributed by atoms with E-state index < -0.39 is 51.2 Å². The average molecular weight is 478 g/mol. The molecule has 0 spiro atoms.